The highest BCUT2D eigenvalue weighted by Gasteiger charge is 2.23. The third kappa shape index (κ3) is 4.88. The fraction of sp³-hybridized carbons (Fsp3) is 0.556. The van der Waals surface area contributed by atoms with Crippen molar-refractivity contribution in [2.75, 3.05) is 13.1 Å². The van der Waals surface area contributed by atoms with Crippen LogP contribution in [0.1, 0.15) is 45.2 Å². The molecule has 0 bridgehead atoms. The van der Waals surface area contributed by atoms with Crippen LogP contribution in [0.15, 0.2) is 24.3 Å². The molecule has 1 aliphatic rings. The summed E-state index contributed by atoms with van der Waals surface area (Å²) < 4.78 is 5.70. The first kappa shape index (κ1) is 17.1. The van der Waals surface area contributed by atoms with Crippen LogP contribution in [0, 0.1) is 17.2 Å². The summed E-state index contributed by atoms with van der Waals surface area (Å²) >= 11 is 0. The number of nitrogens with one attached hydrogen (secondary N) is 1. The number of hydrogen-bond donors (Lipinski definition) is 1. The molecule has 1 fully saturated rings. The van der Waals surface area contributed by atoms with Crippen LogP contribution in [-0.2, 0) is 0 Å². The van der Waals surface area contributed by atoms with Gasteiger partial charge in [0.15, 0.2) is 0 Å². The fourth-order valence-electron chi connectivity index (χ4n) is 2.70. The van der Waals surface area contributed by atoms with Crippen molar-refractivity contribution < 1.29 is 9.53 Å². The Kier molecular flexibility index (Phi) is 5.86. The van der Waals surface area contributed by atoms with Gasteiger partial charge in [-0.2, -0.15) is 5.26 Å². The van der Waals surface area contributed by atoms with Crippen molar-refractivity contribution in [3.63, 3.8) is 0 Å². The molecule has 5 heteroatoms. The minimum Gasteiger partial charge on any atom is -0.491 e. The molecule has 0 saturated carbocycles. The Bertz CT molecular complexity index is 572. The van der Waals surface area contributed by atoms with Gasteiger partial charge in [-0.15, -0.1) is 0 Å². The number of carbonyl (C=O) groups is 1. The van der Waals surface area contributed by atoms with Crippen LogP contribution >= 0.6 is 0 Å². The third-order valence-electron chi connectivity index (χ3n) is 4.03. The molecule has 1 aliphatic heterocycles. The largest absolute Gasteiger partial charge is 0.491 e. The number of hydrogen-bond acceptors (Lipinski definition) is 3. The summed E-state index contributed by atoms with van der Waals surface area (Å²) in [5, 5.41) is 11.9. The first-order valence-electron chi connectivity index (χ1n) is 8.21. The molecule has 1 aromatic rings. The highest BCUT2D eigenvalue weighted by atomic mass is 16.5. The number of ether oxygens (including phenoxy) is 1. The first-order chi connectivity index (χ1) is 11.0. The van der Waals surface area contributed by atoms with Crippen LogP contribution < -0.4 is 10.1 Å². The minimum atomic E-state index is -0.0908. The first-order valence-corrected chi connectivity index (χ1v) is 8.21. The maximum Gasteiger partial charge on any atom is 0.317 e. The van der Waals surface area contributed by atoms with Crippen molar-refractivity contribution in [3.8, 4) is 11.8 Å². The lowest BCUT2D eigenvalue weighted by Crippen LogP contribution is -2.45. The minimum absolute atomic E-state index is 0.0657. The Labute approximate surface area is 138 Å². The predicted molar refractivity (Wildman–Crippen MR) is 89.1 cm³/mol. The molecule has 23 heavy (non-hydrogen) atoms. The van der Waals surface area contributed by atoms with Gasteiger partial charge in [-0.1, -0.05) is 12.1 Å². The molecule has 1 unspecified atom stereocenters. The number of urea groups is 1. The van der Waals surface area contributed by atoms with Gasteiger partial charge in [-0.3, -0.25) is 0 Å². The summed E-state index contributed by atoms with van der Waals surface area (Å²) in [6.07, 6.45) is 1.64. The van der Waals surface area contributed by atoms with Crippen LogP contribution in [0.4, 0.5) is 4.79 Å². The summed E-state index contributed by atoms with van der Waals surface area (Å²) in [7, 11) is 0. The summed E-state index contributed by atoms with van der Waals surface area (Å²) in [5.74, 6) is 0.898. The quantitative estimate of drug-likeness (QED) is 0.925. The number of rotatable bonds is 4. The Morgan fingerprint density at radius 1 is 1.35 bits per heavy atom. The van der Waals surface area contributed by atoms with Crippen molar-refractivity contribution in [2.45, 2.75) is 45.8 Å². The summed E-state index contributed by atoms with van der Waals surface area (Å²) in [6, 6.07) is 9.93. The maximum atomic E-state index is 12.3. The molecule has 1 aromatic carbocycles. The average Bonchev–Trinajstić information content (AvgIpc) is 2.54. The summed E-state index contributed by atoms with van der Waals surface area (Å²) in [5.41, 5.74) is 1.02. The Balaban J connectivity index is 1.92. The van der Waals surface area contributed by atoms with E-state index >= 15 is 0 Å². The molecule has 1 saturated heterocycles. The van der Waals surface area contributed by atoms with E-state index < -0.39 is 0 Å². The van der Waals surface area contributed by atoms with E-state index in [4.69, 9.17) is 10.00 Å². The zero-order chi connectivity index (χ0) is 16.8. The molecule has 0 spiro atoms. The highest BCUT2D eigenvalue weighted by molar-refractivity contribution is 5.74. The second-order valence-electron chi connectivity index (χ2n) is 6.30. The molecular weight excluding hydrogens is 290 g/mol. The third-order valence-corrected chi connectivity index (χ3v) is 4.03. The van der Waals surface area contributed by atoms with Crippen LogP contribution in [0.5, 0.6) is 5.75 Å². The van der Waals surface area contributed by atoms with Gasteiger partial charge in [-0.05, 0) is 51.3 Å². The van der Waals surface area contributed by atoms with Gasteiger partial charge in [0, 0.05) is 19.0 Å². The fourth-order valence-corrected chi connectivity index (χ4v) is 2.70. The van der Waals surface area contributed by atoms with Crippen LogP contribution in [0.3, 0.4) is 0 Å². The number of nitriles is 1. The van der Waals surface area contributed by atoms with Crippen molar-refractivity contribution in [1.29, 1.82) is 5.26 Å². The lowest BCUT2D eigenvalue weighted by Gasteiger charge is -2.30. The summed E-state index contributed by atoms with van der Waals surface area (Å²) in [6.45, 7) is 7.24. The Morgan fingerprint density at radius 2 is 2.04 bits per heavy atom. The molecule has 1 atom stereocenters. The highest BCUT2D eigenvalue weighted by Crippen LogP contribution is 2.21. The zero-order valence-electron chi connectivity index (χ0n) is 14.1. The van der Waals surface area contributed by atoms with E-state index in [1.54, 1.807) is 4.90 Å². The molecule has 0 radical (unpaired) electrons. The van der Waals surface area contributed by atoms with E-state index in [0.717, 1.165) is 24.2 Å². The van der Waals surface area contributed by atoms with Gasteiger partial charge < -0.3 is 15.0 Å². The average molecular weight is 315 g/mol. The Hall–Kier alpha value is -2.22. The lowest BCUT2D eigenvalue weighted by molar-refractivity contribution is 0.176. The van der Waals surface area contributed by atoms with E-state index in [9.17, 15) is 4.79 Å². The topological polar surface area (TPSA) is 65.4 Å². The van der Waals surface area contributed by atoms with Crippen LogP contribution in [0.25, 0.3) is 0 Å². The number of carbonyl (C=O) groups excluding carboxylic acids is 1. The number of amides is 2. The van der Waals surface area contributed by atoms with Crippen LogP contribution in [-0.4, -0.2) is 30.1 Å². The summed E-state index contributed by atoms with van der Waals surface area (Å²) in [4.78, 5) is 14.1. The van der Waals surface area contributed by atoms with Crippen LogP contribution in [0.2, 0.25) is 0 Å². The van der Waals surface area contributed by atoms with Gasteiger partial charge in [0.2, 0.25) is 0 Å². The van der Waals surface area contributed by atoms with E-state index in [-0.39, 0.29) is 24.1 Å². The van der Waals surface area contributed by atoms with Crippen molar-refractivity contribution in [1.82, 2.24) is 10.2 Å². The number of piperidine rings is 1. The Morgan fingerprint density at radius 3 is 2.65 bits per heavy atom. The van der Waals surface area contributed by atoms with Gasteiger partial charge in [-0.25, -0.2) is 4.79 Å². The number of nitrogens with zero attached hydrogens (tertiary/aromatic N) is 2. The van der Waals surface area contributed by atoms with E-state index in [1.165, 1.54) is 0 Å². The van der Waals surface area contributed by atoms with Gasteiger partial charge in [0.05, 0.1) is 18.2 Å². The van der Waals surface area contributed by atoms with Crippen molar-refractivity contribution in [2.24, 2.45) is 5.92 Å². The van der Waals surface area contributed by atoms with Gasteiger partial charge in [0.25, 0.3) is 0 Å². The molecule has 2 rings (SSSR count). The molecular formula is C18H25N3O2. The SMILES string of the molecule is CC(C)Oc1cccc(C(C)NC(=O)N2CCC(C#N)CC2)c1. The molecule has 5 nitrogen and oxygen atoms in total. The van der Waals surface area contributed by atoms with Gasteiger partial charge in [0.1, 0.15) is 5.75 Å². The van der Waals surface area contributed by atoms with Crippen molar-refractivity contribution in [3.05, 3.63) is 29.8 Å². The van der Waals surface area contributed by atoms with E-state index in [1.807, 2.05) is 45.0 Å². The van der Waals surface area contributed by atoms with E-state index in [2.05, 4.69) is 11.4 Å². The standard InChI is InChI=1S/C18H25N3O2/c1-13(2)23-17-6-4-5-16(11-17)14(3)20-18(22)21-9-7-15(12-19)8-10-21/h4-6,11,13-15H,7-10H2,1-3H3,(H,20,22). The van der Waals surface area contributed by atoms with Crippen molar-refractivity contribution >= 4 is 6.03 Å². The number of benzene rings is 1. The normalized spacial score (nSPS) is 16.7. The zero-order valence-corrected chi connectivity index (χ0v) is 14.1. The molecule has 1 N–H and O–H groups in total. The number of likely N-dealkylation sites (tertiary alicyclic amines) is 1. The van der Waals surface area contributed by atoms with E-state index in [0.29, 0.717) is 13.1 Å². The molecule has 2 amide bonds. The molecule has 0 aliphatic carbocycles. The molecule has 1 heterocycles. The lowest BCUT2D eigenvalue weighted by atomic mass is 9.99. The monoisotopic (exact) mass is 315 g/mol. The molecule has 0 aromatic heterocycles. The second kappa shape index (κ2) is 7.87. The second-order valence-corrected chi connectivity index (χ2v) is 6.30. The molecule has 124 valence electrons. The predicted octanol–water partition coefficient (Wildman–Crippen LogP) is 3.48. The maximum absolute atomic E-state index is 12.3. The smallest absolute Gasteiger partial charge is 0.317 e. The van der Waals surface area contributed by atoms with Gasteiger partial charge >= 0.3 is 6.03 Å².